The van der Waals surface area contributed by atoms with Gasteiger partial charge in [-0.1, -0.05) is 54.6 Å². The molecule has 5 nitrogen and oxygen atoms in total. The number of hydrogen-bond acceptors (Lipinski definition) is 4. The first-order valence-corrected chi connectivity index (χ1v) is 12.6. The third kappa shape index (κ3) is 6.11. The van der Waals surface area contributed by atoms with E-state index in [1.165, 1.54) is 11.1 Å². The molecule has 5 rings (SSSR count). The van der Waals surface area contributed by atoms with Gasteiger partial charge in [0, 0.05) is 37.4 Å². The van der Waals surface area contributed by atoms with E-state index in [-0.39, 0.29) is 5.91 Å². The molecule has 0 aromatic heterocycles. The average Bonchev–Trinajstić information content (AvgIpc) is 3.14. The fraction of sp³-hybridized carbons (Fsp3) is 0.258. The van der Waals surface area contributed by atoms with E-state index in [0.717, 1.165) is 67.9 Å². The van der Waals surface area contributed by atoms with Crippen molar-refractivity contribution in [1.29, 1.82) is 0 Å². The highest BCUT2D eigenvalue weighted by molar-refractivity contribution is 6.06. The third-order valence-corrected chi connectivity index (χ3v) is 6.85. The van der Waals surface area contributed by atoms with Gasteiger partial charge in [0.15, 0.2) is 0 Å². The summed E-state index contributed by atoms with van der Waals surface area (Å²) in [6, 6.07) is 30.5. The summed E-state index contributed by atoms with van der Waals surface area (Å²) in [5.41, 5.74) is 4.04. The van der Waals surface area contributed by atoms with Gasteiger partial charge in [0.2, 0.25) is 0 Å². The number of ether oxygens (including phenoxy) is 1. The van der Waals surface area contributed by atoms with Gasteiger partial charge in [0.1, 0.15) is 5.75 Å². The molecule has 4 aromatic carbocycles. The van der Waals surface area contributed by atoms with Gasteiger partial charge in [-0.2, -0.15) is 0 Å². The molecule has 36 heavy (non-hydrogen) atoms. The Labute approximate surface area is 213 Å². The Morgan fingerprint density at radius 1 is 0.750 bits per heavy atom. The van der Waals surface area contributed by atoms with Crippen LogP contribution >= 0.6 is 0 Å². The Kier molecular flexibility index (Phi) is 7.60. The Bertz CT molecular complexity index is 1320. The molecule has 0 unspecified atom stereocenters. The molecule has 0 bridgehead atoms. The minimum absolute atomic E-state index is 0.0816. The minimum Gasteiger partial charge on any atom is -0.497 e. The maximum atomic E-state index is 12.9. The minimum atomic E-state index is -0.0816. The summed E-state index contributed by atoms with van der Waals surface area (Å²) >= 11 is 0. The summed E-state index contributed by atoms with van der Waals surface area (Å²) in [7, 11) is 1.70. The molecule has 1 amide bonds. The van der Waals surface area contributed by atoms with Crippen molar-refractivity contribution in [2.75, 3.05) is 38.6 Å². The van der Waals surface area contributed by atoms with Gasteiger partial charge in [0.05, 0.1) is 7.11 Å². The number of amides is 1. The molecule has 0 atom stereocenters. The predicted octanol–water partition coefficient (Wildman–Crippen LogP) is 5.81. The molecule has 0 radical (unpaired) electrons. The second kappa shape index (κ2) is 11.4. The number of benzene rings is 4. The monoisotopic (exact) mass is 479 g/mol. The van der Waals surface area contributed by atoms with E-state index in [2.05, 4.69) is 45.4 Å². The zero-order valence-corrected chi connectivity index (χ0v) is 20.8. The summed E-state index contributed by atoms with van der Waals surface area (Å²) in [6.45, 7) is 6.11. The van der Waals surface area contributed by atoms with E-state index >= 15 is 0 Å². The number of fused-ring (bicyclic) bond motifs is 1. The quantitative estimate of drug-likeness (QED) is 0.363. The SMILES string of the molecule is COc1ccc(CN2CCCN(Cc3cccc(NC(=O)c4ccc5ccccc5c4)c3)CC2)cc1. The molecule has 0 aliphatic carbocycles. The molecule has 1 fully saturated rings. The average molecular weight is 480 g/mol. The number of carbonyl (C=O) groups excluding carboxylic acids is 1. The van der Waals surface area contributed by atoms with Crippen LogP contribution in [0.3, 0.4) is 0 Å². The number of nitrogens with zero attached hydrogens (tertiary/aromatic N) is 2. The normalized spacial score (nSPS) is 14.9. The van der Waals surface area contributed by atoms with Crippen LogP contribution in [0.1, 0.15) is 27.9 Å². The van der Waals surface area contributed by atoms with Gasteiger partial charge in [-0.25, -0.2) is 0 Å². The van der Waals surface area contributed by atoms with Crippen LogP contribution in [0.2, 0.25) is 0 Å². The third-order valence-electron chi connectivity index (χ3n) is 6.85. The predicted molar refractivity (Wildman–Crippen MR) is 147 cm³/mol. The largest absolute Gasteiger partial charge is 0.497 e. The Morgan fingerprint density at radius 2 is 1.47 bits per heavy atom. The number of nitrogens with one attached hydrogen (secondary N) is 1. The van der Waals surface area contributed by atoms with Crippen molar-refractivity contribution in [3.8, 4) is 5.75 Å². The highest BCUT2D eigenvalue weighted by Gasteiger charge is 2.16. The topological polar surface area (TPSA) is 44.8 Å². The lowest BCUT2D eigenvalue weighted by Crippen LogP contribution is -2.30. The maximum Gasteiger partial charge on any atom is 0.255 e. The van der Waals surface area contributed by atoms with E-state index < -0.39 is 0 Å². The molecule has 5 heteroatoms. The number of anilines is 1. The molecule has 0 spiro atoms. The molecule has 0 saturated carbocycles. The lowest BCUT2D eigenvalue weighted by Gasteiger charge is -2.22. The molecule has 1 saturated heterocycles. The molecule has 1 heterocycles. The van der Waals surface area contributed by atoms with Gasteiger partial charge in [0.25, 0.3) is 5.91 Å². The fourth-order valence-corrected chi connectivity index (χ4v) is 4.87. The second-order valence-corrected chi connectivity index (χ2v) is 9.47. The zero-order chi connectivity index (χ0) is 24.7. The summed E-state index contributed by atoms with van der Waals surface area (Å²) in [6.07, 6.45) is 1.15. The van der Waals surface area contributed by atoms with Crippen LogP contribution in [-0.4, -0.2) is 49.0 Å². The van der Waals surface area contributed by atoms with Crippen molar-refractivity contribution in [2.24, 2.45) is 0 Å². The van der Waals surface area contributed by atoms with Crippen molar-refractivity contribution in [3.63, 3.8) is 0 Å². The van der Waals surface area contributed by atoms with E-state index in [9.17, 15) is 4.79 Å². The summed E-state index contributed by atoms with van der Waals surface area (Å²) in [5.74, 6) is 0.818. The lowest BCUT2D eigenvalue weighted by molar-refractivity contribution is 0.102. The zero-order valence-electron chi connectivity index (χ0n) is 20.8. The van der Waals surface area contributed by atoms with Crippen molar-refractivity contribution in [3.05, 3.63) is 108 Å². The van der Waals surface area contributed by atoms with Gasteiger partial charge < -0.3 is 10.1 Å². The highest BCUT2D eigenvalue weighted by Crippen LogP contribution is 2.19. The highest BCUT2D eigenvalue weighted by atomic mass is 16.5. The van der Waals surface area contributed by atoms with Crippen LogP contribution < -0.4 is 10.1 Å². The first-order chi connectivity index (χ1) is 17.7. The van der Waals surface area contributed by atoms with Crippen molar-refractivity contribution in [1.82, 2.24) is 9.80 Å². The standard InChI is InChI=1S/C31H33N3O2/c1-36-30-14-10-24(11-15-30)22-33-16-5-17-34(19-18-33)23-25-6-4-9-29(20-25)32-31(35)28-13-12-26-7-2-3-8-27(26)21-28/h2-4,6-15,20-21H,5,16-19,22-23H2,1H3,(H,32,35). The van der Waals surface area contributed by atoms with Crippen LogP contribution in [0.4, 0.5) is 5.69 Å². The lowest BCUT2D eigenvalue weighted by atomic mass is 10.1. The first kappa shape index (κ1) is 24.0. The van der Waals surface area contributed by atoms with Gasteiger partial charge in [-0.05, 0) is 77.8 Å². The molecule has 1 N–H and O–H groups in total. The maximum absolute atomic E-state index is 12.9. The van der Waals surface area contributed by atoms with Crippen LogP contribution in [0, 0.1) is 0 Å². The number of carbonyl (C=O) groups is 1. The Hall–Kier alpha value is -3.67. The Morgan fingerprint density at radius 3 is 2.22 bits per heavy atom. The fourth-order valence-electron chi connectivity index (χ4n) is 4.87. The molecule has 1 aliphatic heterocycles. The molecular formula is C31H33N3O2. The van der Waals surface area contributed by atoms with Crippen molar-refractivity contribution >= 4 is 22.4 Å². The van der Waals surface area contributed by atoms with Crippen LogP contribution in [0.25, 0.3) is 10.8 Å². The van der Waals surface area contributed by atoms with E-state index in [0.29, 0.717) is 5.56 Å². The summed E-state index contributed by atoms with van der Waals surface area (Å²) < 4.78 is 5.27. The smallest absolute Gasteiger partial charge is 0.255 e. The van der Waals surface area contributed by atoms with E-state index in [1.807, 2.05) is 60.7 Å². The molecule has 184 valence electrons. The van der Waals surface area contributed by atoms with Gasteiger partial charge >= 0.3 is 0 Å². The van der Waals surface area contributed by atoms with Crippen molar-refractivity contribution in [2.45, 2.75) is 19.5 Å². The van der Waals surface area contributed by atoms with Crippen LogP contribution in [-0.2, 0) is 13.1 Å². The van der Waals surface area contributed by atoms with Gasteiger partial charge in [-0.3, -0.25) is 14.6 Å². The van der Waals surface area contributed by atoms with Crippen LogP contribution in [0.5, 0.6) is 5.75 Å². The molecule has 1 aliphatic rings. The summed E-state index contributed by atoms with van der Waals surface area (Å²) in [4.78, 5) is 17.9. The Balaban J connectivity index is 1.17. The molecular weight excluding hydrogens is 446 g/mol. The number of rotatable bonds is 7. The number of hydrogen-bond donors (Lipinski definition) is 1. The van der Waals surface area contributed by atoms with Gasteiger partial charge in [-0.15, -0.1) is 0 Å². The number of methoxy groups -OCH3 is 1. The molecule has 4 aromatic rings. The first-order valence-electron chi connectivity index (χ1n) is 12.6. The van der Waals surface area contributed by atoms with E-state index in [1.54, 1.807) is 7.11 Å². The second-order valence-electron chi connectivity index (χ2n) is 9.47. The van der Waals surface area contributed by atoms with Crippen molar-refractivity contribution < 1.29 is 9.53 Å². The van der Waals surface area contributed by atoms with Crippen LogP contribution in [0.15, 0.2) is 91.0 Å². The summed E-state index contributed by atoms with van der Waals surface area (Å²) in [5, 5.41) is 5.29. The van der Waals surface area contributed by atoms with E-state index in [4.69, 9.17) is 4.74 Å².